The van der Waals surface area contributed by atoms with Crippen LogP contribution in [0.1, 0.15) is 47.7 Å². The van der Waals surface area contributed by atoms with Gasteiger partial charge in [0.05, 0.1) is 40.8 Å². The second-order valence-corrected chi connectivity index (χ2v) is 10.4. The predicted molar refractivity (Wildman–Crippen MR) is 160 cm³/mol. The highest BCUT2D eigenvalue weighted by Crippen LogP contribution is 2.43. The molecule has 2 aromatic heterocycles. The quantitative estimate of drug-likeness (QED) is 0.204. The lowest BCUT2D eigenvalue weighted by atomic mass is 10.0. The van der Waals surface area contributed by atoms with Crippen molar-refractivity contribution in [2.45, 2.75) is 25.9 Å². The summed E-state index contributed by atoms with van der Waals surface area (Å²) in [4.78, 5) is 31.5. The third kappa shape index (κ3) is 5.17. The summed E-state index contributed by atoms with van der Waals surface area (Å²) in [6, 6.07) is 21.7. The fourth-order valence-electron chi connectivity index (χ4n) is 4.79. The molecule has 4 aromatic rings. The zero-order valence-electron chi connectivity index (χ0n) is 22.2. The van der Waals surface area contributed by atoms with Gasteiger partial charge in [-0.3, -0.25) is 9.78 Å². The van der Waals surface area contributed by atoms with E-state index in [9.17, 15) is 9.59 Å². The Morgan fingerprint density at radius 3 is 2.55 bits per heavy atom. The number of carbonyl (C=O) groups is 2. The Hall–Kier alpha value is -4.21. The van der Waals surface area contributed by atoms with Crippen molar-refractivity contribution >= 4 is 52.2 Å². The van der Waals surface area contributed by atoms with Gasteiger partial charge in [0, 0.05) is 29.7 Å². The topological polar surface area (TPSA) is 88.5 Å². The van der Waals surface area contributed by atoms with Crippen molar-refractivity contribution in [1.29, 1.82) is 0 Å². The number of halogens is 1. The Kier molecular flexibility index (Phi) is 7.86. The van der Waals surface area contributed by atoms with Crippen molar-refractivity contribution in [1.82, 2.24) is 14.9 Å². The van der Waals surface area contributed by atoms with Gasteiger partial charge in [0.2, 0.25) is 5.91 Å². The number of benzene rings is 2. The Morgan fingerprint density at radius 1 is 1.07 bits per heavy atom. The lowest BCUT2D eigenvalue weighted by Crippen LogP contribution is -2.30. The number of aromatic nitrogens is 2. The van der Waals surface area contributed by atoms with Gasteiger partial charge in [0.1, 0.15) is 6.04 Å². The van der Waals surface area contributed by atoms with Crippen LogP contribution >= 0.6 is 23.8 Å². The molecule has 2 atom stereocenters. The largest absolute Gasteiger partial charge is 0.465 e. The van der Waals surface area contributed by atoms with E-state index in [1.54, 1.807) is 30.5 Å². The zero-order chi connectivity index (χ0) is 28.4. The normalized spacial score (nSPS) is 16.6. The molecule has 3 heterocycles. The summed E-state index contributed by atoms with van der Waals surface area (Å²) in [7, 11) is 1.37. The second kappa shape index (κ2) is 11.5. The van der Waals surface area contributed by atoms with Crippen LogP contribution in [0.5, 0.6) is 0 Å². The molecule has 40 heavy (non-hydrogen) atoms. The number of anilines is 2. The Morgan fingerprint density at radius 2 is 1.85 bits per heavy atom. The van der Waals surface area contributed by atoms with E-state index in [0.717, 1.165) is 17.1 Å². The number of hydrogen-bond donors (Lipinski definition) is 2. The number of ether oxygens (including phenoxy) is 1. The SMILES string of the molecule is COC(=O)c1ccccc1-n1cccc1[C@H]1[C@H](c2ccccn2)NC(=S)N1c1ccc(NC(=O)C(C)C)c(Cl)c1. The summed E-state index contributed by atoms with van der Waals surface area (Å²) in [6.07, 6.45) is 3.65. The van der Waals surface area contributed by atoms with E-state index in [2.05, 4.69) is 15.6 Å². The van der Waals surface area contributed by atoms with Crippen molar-refractivity contribution in [3.8, 4) is 5.69 Å². The highest BCUT2D eigenvalue weighted by Gasteiger charge is 2.42. The summed E-state index contributed by atoms with van der Waals surface area (Å²) < 4.78 is 7.02. The van der Waals surface area contributed by atoms with Crippen molar-refractivity contribution in [3.63, 3.8) is 0 Å². The van der Waals surface area contributed by atoms with Gasteiger partial charge in [0.15, 0.2) is 5.11 Å². The van der Waals surface area contributed by atoms with Crippen LogP contribution in [0.3, 0.4) is 0 Å². The molecule has 1 fully saturated rings. The number of carbonyl (C=O) groups excluding carboxylic acids is 2. The highest BCUT2D eigenvalue weighted by molar-refractivity contribution is 7.80. The average Bonchev–Trinajstić information content (AvgIpc) is 3.58. The first-order chi connectivity index (χ1) is 19.3. The van der Waals surface area contributed by atoms with E-state index in [1.807, 2.05) is 78.0 Å². The third-order valence-electron chi connectivity index (χ3n) is 6.76. The molecule has 10 heteroatoms. The zero-order valence-corrected chi connectivity index (χ0v) is 23.7. The van der Waals surface area contributed by atoms with Crippen LogP contribution in [0.4, 0.5) is 11.4 Å². The van der Waals surface area contributed by atoms with Gasteiger partial charge in [0.25, 0.3) is 0 Å². The number of thiocarbonyl (C=S) groups is 1. The Balaban J connectivity index is 1.63. The number of para-hydroxylation sites is 1. The fraction of sp³-hybridized carbons (Fsp3) is 0.200. The van der Waals surface area contributed by atoms with Crippen LogP contribution in [0.2, 0.25) is 5.02 Å². The van der Waals surface area contributed by atoms with Crippen LogP contribution in [0.15, 0.2) is 85.2 Å². The van der Waals surface area contributed by atoms with Gasteiger partial charge in [-0.25, -0.2) is 4.79 Å². The number of rotatable bonds is 7. The van der Waals surface area contributed by atoms with Gasteiger partial charge in [-0.2, -0.15) is 0 Å². The van der Waals surface area contributed by atoms with Crippen molar-refractivity contribution in [3.05, 3.63) is 107 Å². The number of methoxy groups -OCH3 is 1. The number of esters is 1. The van der Waals surface area contributed by atoms with Crippen LogP contribution in [-0.2, 0) is 9.53 Å². The molecule has 1 saturated heterocycles. The van der Waals surface area contributed by atoms with Gasteiger partial charge in [-0.15, -0.1) is 0 Å². The lowest BCUT2D eigenvalue weighted by Gasteiger charge is -2.29. The third-order valence-corrected chi connectivity index (χ3v) is 7.39. The molecule has 0 saturated carbocycles. The van der Waals surface area contributed by atoms with E-state index in [0.29, 0.717) is 27.1 Å². The number of nitrogens with one attached hydrogen (secondary N) is 2. The van der Waals surface area contributed by atoms with Gasteiger partial charge >= 0.3 is 5.97 Å². The summed E-state index contributed by atoms with van der Waals surface area (Å²) in [5.74, 6) is -0.738. The molecule has 0 unspecified atom stereocenters. The molecule has 5 rings (SSSR count). The van der Waals surface area contributed by atoms with Crippen molar-refractivity contribution in [2.75, 3.05) is 17.3 Å². The molecular formula is C30H28ClN5O3S. The maximum Gasteiger partial charge on any atom is 0.339 e. The molecule has 1 aliphatic rings. The number of hydrogen-bond acceptors (Lipinski definition) is 5. The van der Waals surface area contributed by atoms with Crippen LogP contribution in [0, 0.1) is 5.92 Å². The molecule has 2 aromatic carbocycles. The first-order valence-corrected chi connectivity index (χ1v) is 13.5. The average molecular weight is 574 g/mol. The van der Waals surface area contributed by atoms with Crippen molar-refractivity contribution in [2.24, 2.45) is 5.92 Å². The minimum atomic E-state index is -0.431. The first-order valence-electron chi connectivity index (χ1n) is 12.8. The van der Waals surface area contributed by atoms with Gasteiger partial charge in [-0.1, -0.05) is 43.6 Å². The molecule has 0 radical (unpaired) electrons. The second-order valence-electron chi connectivity index (χ2n) is 9.62. The maximum absolute atomic E-state index is 12.6. The van der Waals surface area contributed by atoms with Crippen LogP contribution < -0.4 is 15.5 Å². The number of pyridine rings is 1. The molecule has 0 spiro atoms. The monoisotopic (exact) mass is 573 g/mol. The highest BCUT2D eigenvalue weighted by atomic mass is 35.5. The van der Waals surface area contributed by atoms with E-state index in [-0.39, 0.29) is 23.9 Å². The minimum Gasteiger partial charge on any atom is -0.465 e. The van der Waals surface area contributed by atoms with Gasteiger partial charge in [-0.05, 0) is 66.8 Å². The number of nitrogens with zero attached hydrogens (tertiary/aromatic N) is 3. The maximum atomic E-state index is 12.6. The van der Waals surface area contributed by atoms with Crippen molar-refractivity contribution < 1.29 is 14.3 Å². The number of amides is 1. The Bertz CT molecular complexity index is 1570. The smallest absolute Gasteiger partial charge is 0.339 e. The van der Waals surface area contributed by atoms with E-state index in [1.165, 1.54) is 7.11 Å². The molecule has 0 bridgehead atoms. The summed E-state index contributed by atoms with van der Waals surface area (Å²) in [6.45, 7) is 3.64. The molecule has 1 amide bonds. The van der Waals surface area contributed by atoms with Crippen LogP contribution in [0.25, 0.3) is 5.69 Å². The first kappa shape index (κ1) is 27.4. The molecule has 0 aliphatic carbocycles. The minimum absolute atomic E-state index is 0.122. The molecule has 2 N–H and O–H groups in total. The predicted octanol–water partition coefficient (Wildman–Crippen LogP) is 6.08. The van der Waals surface area contributed by atoms with Gasteiger partial charge < -0.3 is 24.8 Å². The van der Waals surface area contributed by atoms with E-state index in [4.69, 9.17) is 28.6 Å². The van der Waals surface area contributed by atoms with E-state index >= 15 is 0 Å². The lowest BCUT2D eigenvalue weighted by molar-refractivity contribution is -0.118. The summed E-state index contributed by atoms with van der Waals surface area (Å²) >= 11 is 12.5. The fourth-order valence-corrected chi connectivity index (χ4v) is 5.35. The molecule has 8 nitrogen and oxygen atoms in total. The summed E-state index contributed by atoms with van der Waals surface area (Å²) in [5, 5.41) is 7.19. The standard InChI is InChI=1S/C30H28ClN5O3S/c1-18(2)28(37)33-22-14-13-19(17-21(22)31)36-27(26(34-30(36)40)23-10-6-7-15-32-23)25-12-8-16-35(25)24-11-5-4-9-20(24)29(38)39-3/h4-18,26-27H,1-3H3,(H,33,37)(H,34,40)/t26-,27-/m0/s1. The summed E-state index contributed by atoms with van der Waals surface area (Å²) in [5.41, 5.74) is 4.05. The van der Waals surface area contributed by atoms with E-state index < -0.39 is 5.97 Å². The molecule has 204 valence electrons. The Labute approximate surface area is 242 Å². The molecule has 1 aliphatic heterocycles. The van der Waals surface area contributed by atoms with Crippen LogP contribution in [-0.4, -0.2) is 33.6 Å². The molecular weight excluding hydrogens is 546 g/mol.